The highest BCUT2D eigenvalue weighted by atomic mass is 16.5. The van der Waals surface area contributed by atoms with Crippen LogP contribution < -0.4 is 15.4 Å². The fourth-order valence-corrected chi connectivity index (χ4v) is 1.72. The maximum Gasteiger partial charge on any atom is 0.191 e. The zero-order valence-corrected chi connectivity index (χ0v) is 12.4. The Balaban J connectivity index is 2.70. The molecule has 0 aromatic heterocycles. The van der Waals surface area contributed by atoms with E-state index in [2.05, 4.69) is 41.6 Å². The monoisotopic (exact) mass is 263 g/mol. The zero-order valence-electron chi connectivity index (χ0n) is 12.4. The lowest BCUT2D eigenvalue weighted by Gasteiger charge is -2.11. The second-order valence-corrected chi connectivity index (χ2v) is 4.43. The summed E-state index contributed by atoms with van der Waals surface area (Å²) in [6.07, 6.45) is 1.09. The lowest BCUT2D eigenvalue weighted by atomic mass is 10.1. The minimum Gasteiger partial charge on any atom is -0.496 e. The standard InChI is InChI=1S/C15H25N3O/c1-5-9-17-15(16-6-2)18-11-13-8-7-12(3)14(10-13)19-4/h7-8,10H,5-6,9,11H2,1-4H3,(H2,16,17,18). The Morgan fingerprint density at radius 1 is 1.26 bits per heavy atom. The Hall–Kier alpha value is -1.71. The minimum absolute atomic E-state index is 0.648. The van der Waals surface area contributed by atoms with Crippen molar-refractivity contribution in [2.24, 2.45) is 4.99 Å². The van der Waals surface area contributed by atoms with Gasteiger partial charge in [0.15, 0.2) is 5.96 Å². The van der Waals surface area contributed by atoms with Gasteiger partial charge in [-0.2, -0.15) is 0 Å². The van der Waals surface area contributed by atoms with Crippen LogP contribution in [0.2, 0.25) is 0 Å². The number of nitrogens with zero attached hydrogens (tertiary/aromatic N) is 1. The summed E-state index contributed by atoms with van der Waals surface area (Å²) < 4.78 is 5.33. The molecule has 0 bridgehead atoms. The molecule has 106 valence electrons. The molecule has 0 spiro atoms. The Kier molecular flexibility index (Phi) is 6.79. The molecule has 0 radical (unpaired) electrons. The molecular weight excluding hydrogens is 238 g/mol. The summed E-state index contributed by atoms with van der Waals surface area (Å²) in [5, 5.41) is 6.52. The van der Waals surface area contributed by atoms with E-state index in [1.807, 2.05) is 13.0 Å². The highest BCUT2D eigenvalue weighted by molar-refractivity contribution is 5.79. The number of nitrogens with one attached hydrogen (secondary N) is 2. The normalized spacial score (nSPS) is 11.3. The molecule has 4 nitrogen and oxygen atoms in total. The van der Waals surface area contributed by atoms with E-state index in [4.69, 9.17) is 4.74 Å². The van der Waals surface area contributed by atoms with E-state index in [1.54, 1.807) is 7.11 Å². The van der Waals surface area contributed by atoms with Gasteiger partial charge < -0.3 is 15.4 Å². The van der Waals surface area contributed by atoms with E-state index in [9.17, 15) is 0 Å². The average Bonchev–Trinajstić information content (AvgIpc) is 2.43. The number of hydrogen-bond acceptors (Lipinski definition) is 2. The van der Waals surface area contributed by atoms with Crippen molar-refractivity contribution in [3.05, 3.63) is 29.3 Å². The van der Waals surface area contributed by atoms with Gasteiger partial charge in [-0.3, -0.25) is 0 Å². The summed E-state index contributed by atoms with van der Waals surface area (Å²) in [7, 11) is 1.70. The van der Waals surface area contributed by atoms with Crippen molar-refractivity contribution in [1.29, 1.82) is 0 Å². The summed E-state index contributed by atoms with van der Waals surface area (Å²) in [5.41, 5.74) is 2.29. The first-order valence-electron chi connectivity index (χ1n) is 6.87. The lowest BCUT2D eigenvalue weighted by molar-refractivity contribution is 0.411. The molecule has 0 amide bonds. The molecule has 2 N–H and O–H groups in total. The number of hydrogen-bond donors (Lipinski definition) is 2. The molecule has 0 heterocycles. The SMILES string of the molecule is CCCNC(=NCc1ccc(C)c(OC)c1)NCC. The minimum atomic E-state index is 0.648. The van der Waals surface area contributed by atoms with E-state index in [0.29, 0.717) is 6.54 Å². The molecule has 0 fully saturated rings. The van der Waals surface area contributed by atoms with Gasteiger partial charge in [-0.05, 0) is 37.5 Å². The fraction of sp³-hybridized carbons (Fsp3) is 0.533. The van der Waals surface area contributed by atoms with Crippen LogP contribution in [0.3, 0.4) is 0 Å². The fourth-order valence-electron chi connectivity index (χ4n) is 1.72. The van der Waals surface area contributed by atoms with E-state index < -0.39 is 0 Å². The van der Waals surface area contributed by atoms with Gasteiger partial charge in [-0.15, -0.1) is 0 Å². The Bertz CT molecular complexity index is 416. The van der Waals surface area contributed by atoms with Gasteiger partial charge in [-0.1, -0.05) is 19.1 Å². The topological polar surface area (TPSA) is 45.7 Å². The molecule has 1 aromatic rings. The maximum absolute atomic E-state index is 5.33. The van der Waals surface area contributed by atoms with Crippen molar-refractivity contribution >= 4 is 5.96 Å². The van der Waals surface area contributed by atoms with E-state index in [0.717, 1.165) is 42.3 Å². The molecule has 0 saturated carbocycles. The molecule has 1 aromatic carbocycles. The maximum atomic E-state index is 5.33. The average molecular weight is 263 g/mol. The summed E-state index contributed by atoms with van der Waals surface area (Å²) in [6.45, 7) is 8.70. The second-order valence-electron chi connectivity index (χ2n) is 4.43. The van der Waals surface area contributed by atoms with Gasteiger partial charge in [-0.25, -0.2) is 4.99 Å². The number of aliphatic imine (C=N–C) groups is 1. The lowest BCUT2D eigenvalue weighted by Crippen LogP contribution is -2.37. The van der Waals surface area contributed by atoms with Crippen molar-refractivity contribution < 1.29 is 4.74 Å². The van der Waals surface area contributed by atoms with Crippen LogP contribution >= 0.6 is 0 Å². The van der Waals surface area contributed by atoms with E-state index in [1.165, 1.54) is 0 Å². The molecule has 0 atom stereocenters. The highest BCUT2D eigenvalue weighted by Crippen LogP contribution is 2.19. The second kappa shape index (κ2) is 8.40. The third kappa shape index (κ3) is 5.20. The van der Waals surface area contributed by atoms with Crippen molar-refractivity contribution in [1.82, 2.24) is 10.6 Å². The number of benzene rings is 1. The number of ether oxygens (including phenoxy) is 1. The molecule has 19 heavy (non-hydrogen) atoms. The van der Waals surface area contributed by atoms with Crippen LogP contribution in [0, 0.1) is 6.92 Å². The Morgan fingerprint density at radius 3 is 2.68 bits per heavy atom. The van der Waals surface area contributed by atoms with Crippen LogP contribution in [-0.2, 0) is 6.54 Å². The van der Waals surface area contributed by atoms with Crippen LogP contribution in [0.1, 0.15) is 31.4 Å². The Morgan fingerprint density at radius 2 is 2.05 bits per heavy atom. The van der Waals surface area contributed by atoms with E-state index >= 15 is 0 Å². The van der Waals surface area contributed by atoms with E-state index in [-0.39, 0.29) is 0 Å². The molecule has 1 rings (SSSR count). The van der Waals surface area contributed by atoms with Crippen LogP contribution in [0.4, 0.5) is 0 Å². The van der Waals surface area contributed by atoms with Gasteiger partial charge in [0.1, 0.15) is 5.75 Å². The summed E-state index contributed by atoms with van der Waals surface area (Å²) in [6, 6.07) is 6.20. The predicted molar refractivity (Wildman–Crippen MR) is 80.8 cm³/mol. The number of aryl methyl sites for hydroxylation is 1. The van der Waals surface area contributed by atoms with Crippen LogP contribution in [0.5, 0.6) is 5.75 Å². The van der Waals surface area contributed by atoms with Gasteiger partial charge in [0.2, 0.25) is 0 Å². The van der Waals surface area contributed by atoms with Crippen LogP contribution in [-0.4, -0.2) is 26.2 Å². The van der Waals surface area contributed by atoms with Crippen LogP contribution in [0.25, 0.3) is 0 Å². The van der Waals surface area contributed by atoms with Crippen molar-refractivity contribution in [3.8, 4) is 5.75 Å². The summed E-state index contributed by atoms with van der Waals surface area (Å²) in [4.78, 5) is 4.57. The molecular formula is C15H25N3O. The first kappa shape index (κ1) is 15.3. The quantitative estimate of drug-likeness (QED) is 0.612. The van der Waals surface area contributed by atoms with Gasteiger partial charge in [0, 0.05) is 13.1 Å². The third-order valence-electron chi connectivity index (χ3n) is 2.78. The van der Waals surface area contributed by atoms with Crippen molar-refractivity contribution in [3.63, 3.8) is 0 Å². The highest BCUT2D eigenvalue weighted by Gasteiger charge is 2.01. The van der Waals surface area contributed by atoms with Crippen molar-refractivity contribution in [2.45, 2.75) is 33.7 Å². The smallest absolute Gasteiger partial charge is 0.191 e. The largest absolute Gasteiger partial charge is 0.496 e. The molecule has 0 saturated heterocycles. The molecule has 0 unspecified atom stereocenters. The predicted octanol–water partition coefficient (Wildman–Crippen LogP) is 2.47. The third-order valence-corrected chi connectivity index (χ3v) is 2.78. The zero-order chi connectivity index (χ0) is 14.1. The molecule has 4 heteroatoms. The number of rotatable bonds is 6. The molecule has 0 aliphatic rings. The first-order chi connectivity index (χ1) is 9.21. The van der Waals surface area contributed by atoms with Crippen LogP contribution in [0.15, 0.2) is 23.2 Å². The first-order valence-corrected chi connectivity index (χ1v) is 6.87. The number of methoxy groups -OCH3 is 1. The summed E-state index contributed by atoms with van der Waals surface area (Å²) in [5.74, 6) is 1.78. The van der Waals surface area contributed by atoms with Gasteiger partial charge >= 0.3 is 0 Å². The number of guanidine groups is 1. The van der Waals surface area contributed by atoms with Gasteiger partial charge in [0.05, 0.1) is 13.7 Å². The summed E-state index contributed by atoms with van der Waals surface area (Å²) >= 11 is 0. The Labute approximate surface area is 116 Å². The molecule has 0 aliphatic carbocycles. The molecule has 0 aliphatic heterocycles. The van der Waals surface area contributed by atoms with Gasteiger partial charge in [0.25, 0.3) is 0 Å². The van der Waals surface area contributed by atoms with Crippen molar-refractivity contribution in [2.75, 3.05) is 20.2 Å².